The topological polar surface area (TPSA) is 116 Å². The van der Waals surface area contributed by atoms with Gasteiger partial charge in [0, 0.05) is 34.5 Å². The fraction of sp³-hybridized carbons (Fsp3) is 0.568. The molecule has 4 heterocycles. The van der Waals surface area contributed by atoms with Crippen LogP contribution in [-0.2, 0) is 30.8 Å². The van der Waals surface area contributed by atoms with E-state index in [1.165, 1.54) is 12.0 Å². The molecule has 0 spiro atoms. The Bertz CT molecular complexity index is 1880. The molecule has 3 unspecified atom stereocenters. The lowest BCUT2D eigenvalue weighted by Gasteiger charge is -2.47. The van der Waals surface area contributed by atoms with E-state index in [-0.39, 0.29) is 29.5 Å². The zero-order valence-electron chi connectivity index (χ0n) is 28.0. The first kappa shape index (κ1) is 31.8. The van der Waals surface area contributed by atoms with Crippen LogP contribution in [0.3, 0.4) is 0 Å². The molecular weight excluding hydrogens is 630 g/mol. The van der Waals surface area contributed by atoms with Crippen LogP contribution < -0.4 is 9.46 Å². The fourth-order valence-corrected chi connectivity index (χ4v) is 9.93. The number of nitrogens with one attached hydrogen (secondary N) is 1. The number of sulfonamides is 1. The van der Waals surface area contributed by atoms with Gasteiger partial charge in [0.05, 0.1) is 62.0 Å². The van der Waals surface area contributed by atoms with Gasteiger partial charge in [0.25, 0.3) is 5.91 Å². The van der Waals surface area contributed by atoms with E-state index in [1.54, 1.807) is 27.0 Å². The van der Waals surface area contributed by atoms with Crippen molar-refractivity contribution in [2.75, 3.05) is 33.5 Å². The second-order valence-corrected chi connectivity index (χ2v) is 16.7. The molecule has 11 heteroatoms. The zero-order valence-corrected chi connectivity index (χ0v) is 28.8. The number of hydrogen-bond donors (Lipinski definition) is 1. The summed E-state index contributed by atoms with van der Waals surface area (Å²) < 4.78 is 47.8. The normalized spacial score (nSPS) is 27.3. The highest BCUT2D eigenvalue weighted by Gasteiger charge is 2.65. The van der Waals surface area contributed by atoms with Gasteiger partial charge in [-0.15, -0.1) is 0 Å². The number of hydrogen-bond acceptors (Lipinski definition) is 7. The quantitative estimate of drug-likeness (QED) is 0.360. The van der Waals surface area contributed by atoms with E-state index < -0.39 is 26.6 Å². The molecule has 5 aliphatic rings. The molecule has 3 aliphatic heterocycles. The highest BCUT2D eigenvalue weighted by molar-refractivity contribution is 7.90. The third kappa shape index (κ3) is 4.98. The number of morpholine rings is 2. The minimum atomic E-state index is -3.82. The molecule has 2 aliphatic carbocycles. The molecule has 2 bridgehead atoms. The maximum absolute atomic E-state index is 15.0. The van der Waals surface area contributed by atoms with E-state index in [0.29, 0.717) is 45.3 Å². The number of methoxy groups -OCH3 is 1. The summed E-state index contributed by atoms with van der Waals surface area (Å²) in [5, 5.41) is 0.377. The summed E-state index contributed by atoms with van der Waals surface area (Å²) in [6, 6.07) is 11.6. The number of carbonyl (C=O) groups is 2. The standard InChI is InChI=1S/C37H45N3O7S/c1-4-22(2)48(43,44)38-35(41)24-10-12-29-32(14-24)39-21-37(36(42)40-25-17-46-19-26(40)20-47-18-25)16-31(37)30-15-27(45-3)11-13-28(30)34(39)33(29)23-8-6-5-7-9-23/h10-15,22-23,25-26,31H,4-9,16-21H2,1-3H3,(H,38,41). The SMILES string of the molecule is CCC(C)S(=O)(=O)NC(=O)c1ccc2c(C3CCCCC3)c3n(c2c1)CC1(C(=O)N2C4COCC2COC4)CC1c1cc(OC)ccc1-3. The average molecular weight is 676 g/mol. The van der Waals surface area contributed by atoms with Crippen molar-refractivity contribution in [1.29, 1.82) is 0 Å². The van der Waals surface area contributed by atoms with E-state index in [4.69, 9.17) is 14.2 Å². The summed E-state index contributed by atoms with van der Waals surface area (Å²) in [6.45, 7) is 5.73. The van der Waals surface area contributed by atoms with Crippen molar-refractivity contribution >= 4 is 32.7 Å². The molecule has 2 saturated carbocycles. The predicted molar refractivity (Wildman–Crippen MR) is 182 cm³/mol. The first-order valence-electron chi connectivity index (χ1n) is 17.6. The van der Waals surface area contributed by atoms with Gasteiger partial charge in [0.2, 0.25) is 15.9 Å². The van der Waals surface area contributed by atoms with Gasteiger partial charge in [-0.05, 0) is 80.0 Å². The van der Waals surface area contributed by atoms with E-state index in [0.717, 1.165) is 65.6 Å². The van der Waals surface area contributed by atoms with Crippen molar-refractivity contribution in [2.45, 2.75) is 94.5 Å². The van der Waals surface area contributed by atoms with Gasteiger partial charge in [-0.1, -0.05) is 32.3 Å². The average Bonchev–Trinajstić information content (AvgIpc) is 3.76. The van der Waals surface area contributed by atoms with Crippen molar-refractivity contribution in [3.05, 3.63) is 53.1 Å². The molecule has 48 heavy (non-hydrogen) atoms. The van der Waals surface area contributed by atoms with Gasteiger partial charge < -0.3 is 23.7 Å². The second-order valence-electron chi connectivity index (χ2n) is 14.6. The Balaban J connectivity index is 1.32. The van der Waals surface area contributed by atoms with Gasteiger partial charge in [-0.3, -0.25) is 9.59 Å². The van der Waals surface area contributed by atoms with Crippen LogP contribution in [0.15, 0.2) is 36.4 Å². The van der Waals surface area contributed by atoms with Gasteiger partial charge in [0.15, 0.2) is 0 Å². The molecule has 4 fully saturated rings. The Morgan fingerprint density at radius 3 is 2.40 bits per heavy atom. The number of benzene rings is 2. The summed E-state index contributed by atoms with van der Waals surface area (Å²) in [5.41, 5.74) is 5.11. The number of nitrogens with zero attached hydrogens (tertiary/aromatic N) is 2. The molecule has 10 nitrogen and oxygen atoms in total. The first-order chi connectivity index (χ1) is 23.2. The Kier molecular flexibility index (Phi) is 7.88. The predicted octanol–water partition coefficient (Wildman–Crippen LogP) is 5.34. The van der Waals surface area contributed by atoms with Crippen LogP contribution in [0.5, 0.6) is 5.75 Å². The summed E-state index contributed by atoms with van der Waals surface area (Å²) in [5.74, 6) is 0.631. The lowest BCUT2D eigenvalue weighted by atomic mass is 9.81. The van der Waals surface area contributed by atoms with E-state index in [1.807, 2.05) is 18.2 Å². The first-order valence-corrected chi connectivity index (χ1v) is 19.1. The van der Waals surface area contributed by atoms with Crippen molar-refractivity contribution in [3.8, 4) is 17.0 Å². The largest absolute Gasteiger partial charge is 0.497 e. The zero-order chi connectivity index (χ0) is 33.4. The Morgan fingerprint density at radius 2 is 1.73 bits per heavy atom. The van der Waals surface area contributed by atoms with Gasteiger partial charge in [-0.2, -0.15) is 0 Å². The molecular formula is C37H45N3O7S. The third-order valence-electron chi connectivity index (χ3n) is 11.8. The maximum atomic E-state index is 15.0. The van der Waals surface area contributed by atoms with Crippen LogP contribution in [0.1, 0.15) is 92.1 Å². The van der Waals surface area contributed by atoms with Crippen LogP contribution in [0.4, 0.5) is 0 Å². The summed E-state index contributed by atoms with van der Waals surface area (Å²) in [4.78, 5) is 30.5. The van der Waals surface area contributed by atoms with Crippen LogP contribution in [-0.4, -0.2) is 80.6 Å². The van der Waals surface area contributed by atoms with Gasteiger partial charge >= 0.3 is 0 Å². The number of rotatable bonds is 7. The summed E-state index contributed by atoms with van der Waals surface area (Å²) in [7, 11) is -2.15. The Labute approximate surface area is 282 Å². The minimum Gasteiger partial charge on any atom is -0.497 e. The molecule has 8 rings (SSSR count). The molecule has 2 saturated heterocycles. The third-order valence-corrected chi connectivity index (χ3v) is 13.7. The van der Waals surface area contributed by atoms with Crippen molar-refractivity contribution in [1.82, 2.24) is 14.2 Å². The monoisotopic (exact) mass is 675 g/mol. The molecule has 1 aromatic heterocycles. The van der Waals surface area contributed by atoms with Crippen LogP contribution >= 0.6 is 0 Å². The fourth-order valence-electron chi connectivity index (χ4n) is 8.91. The number of carbonyl (C=O) groups excluding carboxylic acids is 2. The molecule has 1 N–H and O–H groups in total. The van der Waals surface area contributed by atoms with Crippen molar-refractivity contribution < 1.29 is 32.2 Å². The highest BCUT2D eigenvalue weighted by Crippen LogP contribution is 2.66. The highest BCUT2D eigenvalue weighted by atomic mass is 32.2. The van der Waals surface area contributed by atoms with Crippen molar-refractivity contribution in [3.63, 3.8) is 0 Å². The Hall–Kier alpha value is -3.41. The molecule has 3 atom stereocenters. The smallest absolute Gasteiger partial charge is 0.264 e. The van der Waals surface area contributed by atoms with Gasteiger partial charge in [0.1, 0.15) is 5.75 Å². The van der Waals surface area contributed by atoms with E-state index in [9.17, 15) is 18.0 Å². The van der Waals surface area contributed by atoms with Crippen molar-refractivity contribution in [2.24, 2.45) is 5.41 Å². The van der Waals surface area contributed by atoms with E-state index >= 15 is 0 Å². The summed E-state index contributed by atoms with van der Waals surface area (Å²) >= 11 is 0. The maximum Gasteiger partial charge on any atom is 0.264 e. The minimum absolute atomic E-state index is 0.0147. The summed E-state index contributed by atoms with van der Waals surface area (Å²) in [6.07, 6.45) is 6.82. The van der Waals surface area contributed by atoms with Crippen LogP contribution in [0.2, 0.25) is 0 Å². The number of fused-ring (bicyclic) bond motifs is 9. The lowest BCUT2D eigenvalue weighted by Crippen LogP contribution is -2.63. The van der Waals surface area contributed by atoms with Crippen LogP contribution in [0, 0.1) is 5.41 Å². The van der Waals surface area contributed by atoms with Crippen LogP contribution in [0.25, 0.3) is 22.2 Å². The molecule has 2 amide bonds. The number of amides is 2. The number of ether oxygens (including phenoxy) is 3. The molecule has 2 aromatic carbocycles. The molecule has 3 aromatic rings. The molecule has 0 radical (unpaired) electrons. The number of aromatic nitrogens is 1. The molecule has 256 valence electrons. The van der Waals surface area contributed by atoms with Gasteiger partial charge in [-0.25, -0.2) is 13.1 Å². The second kappa shape index (κ2) is 11.9. The Morgan fingerprint density at radius 1 is 1.02 bits per heavy atom. The van der Waals surface area contributed by atoms with E-state index in [2.05, 4.69) is 26.3 Å². The lowest BCUT2D eigenvalue weighted by molar-refractivity contribution is -0.173.